The second-order valence-corrected chi connectivity index (χ2v) is 18.4. The molecule has 0 saturated heterocycles. The number of methoxy groups -OCH3 is 1. The number of aliphatic hydroxyl groups is 2. The number of aliphatic hydroxyl groups excluding tert-OH is 2. The minimum atomic E-state index is -0.859. The molecule has 2 heterocycles. The predicted molar refractivity (Wildman–Crippen MR) is 232 cm³/mol. The number of hydrogen-bond acceptors (Lipinski definition) is 10. The summed E-state index contributed by atoms with van der Waals surface area (Å²) < 4.78 is 19.8. The first-order chi connectivity index (χ1) is 28.5. The van der Waals surface area contributed by atoms with Gasteiger partial charge in [0.1, 0.15) is 29.5 Å². The molecule has 3 aromatic carbocycles. The van der Waals surface area contributed by atoms with Gasteiger partial charge in [-0.3, -0.25) is 4.99 Å². The summed E-state index contributed by atoms with van der Waals surface area (Å²) in [7, 11) is 1.71. The van der Waals surface area contributed by atoms with Gasteiger partial charge < -0.3 is 45.7 Å². The highest BCUT2D eigenvalue weighted by atomic mass is 16.5. The Labute approximate surface area is 349 Å². The summed E-state index contributed by atoms with van der Waals surface area (Å²) in [5.41, 5.74) is 13.0. The normalized spacial score (nSPS) is 28.7. The number of nitrogens with one attached hydrogen (secondary N) is 1. The molecule has 10 heteroatoms. The Balaban J connectivity index is 1.14. The van der Waals surface area contributed by atoms with Crippen molar-refractivity contribution in [1.29, 1.82) is 0 Å². The molecule has 10 nitrogen and oxygen atoms in total. The summed E-state index contributed by atoms with van der Waals surface area (Å²) in [4.78, 5) is 4.30. The summed E-state index contributed by atoms with van der Waals surface area (Å²) in [5.74, 6) is 4.48. The van der Waals surface area contributed by atoms with Crippen molar-refractivity contribution in [2.45, 2.75) is 128 Å². The summed E-state index contributed by atoms with van der Waals surface area (Å²) in [5, 5.41) is 47.7. The smallest absolute Gasteiger partial charge is 0.188 e. The van der Waals surface area contributed by atoms with Gasteiger partial charge in [-0.05, 0) is 145 Å². The Morgan fingerprint density at radius 1 is 0.983 bits per heavy atom. The maximum atomic E-state index is 12.1. The largest absolute Gasteiger partial charge is 0.508 e. The number of allylic oxidation sites excluding steroid dienone is 2. The van der Waals surface area contributed by atoms with Gasteiger partial charge >= 0.3 is 0 Å². The Morgan fingerprint density at radius 3 is 2.58 bits per heavy atom. The molecule has 0 aromatic heterocycles. The van der Waals surface area contributed by atoms with Gasteiger partial charge in [0.15, 0.2) is 17.5 Å². The number of nitrogens with zero attached hydrogens (tertiary/aromatic N) is 1. The van der Waals surface area contributed by atoms with Crippen molar-refractivity contribution >= 4 is 5.96 Å². The lowest BCUT2D eigenvalue weighted by Gasteiger charge is -2.42. The van der Waals surface area contributed by atoms with E-state index in [1.165, 1.54) is 0 Å². The van der Waals surface area contributed by atoms with Gasteiger partial charge in [-0.25, -0.2) is 0 Å². The van der Waals surface area contributed by atoms with Crippen molar-refractivity contribution in [3.63, 3.8) is 0 Å². The standard InChI is InChI=1S/C49H65N3O7/c1-5-28-19-30(11-10-29(28)15-17-53)36-21-33-23-40(55)34(18-27(2)3)22-37(33)47-45(57-4)26-43-38(46(36)47)25-41(56)48(59-43)32-12-13-39(54)44(24-32)58-42-9-7-6-8-31(42)20-35-14-16-51-49(50)52-35/h10-13,22-24,26-31,35-36,41-42,48,53-56H,5-9,14-21,25H2,1-4H3,(H3,50,51,52)/t28-,29+,30-,31-,35-,36-,41-,42+,48+/m1/s1. The lowest BCUT2D eigenvalue weighted by molar-refractivity contribution is 0.0196. The number of phenolic OH excluding ortho intramolecular Hbond substituents is 2. The van der Waals surface area contributed by atoms with Crippen molar-refractivity contribution in [3.05, 3.63) is 76.4 Å². The zero-order chi connectivity index (χ0) is 41.4. The molecule has 0 spiro atoms. The van der Waals surface area contributed by atoms with E-state index in [2.05, 4.69) is 49.3 Å². The molecule has 59 heavy (non-hydrogen) atoms. The van der Waals surface area contributed by atoms with Gasteiger partial charge in [-0.2, -0.15) is 0 Å². The van der Waals surface area contributed by atoms with Gasteiger partial charge in [0, 0.05) is 42.8 Å². The number of benzene rings is 3. The van der Waals surface area contributed by atoms with E-state index in [0.29, 0.717) is 59.1 Å². The topological polar surface area (TPSA) is 159 Å². The molecular formula is C49H65N3O7. The minimum Gasteiger partial charge on any atom is -0.508 e. The zero-order valence-electron chi connectivity index (χ0n) is 35.3. The fraction of sp³-hybridized carbons (Fsp3) is 0.571. The van der Waals surface area contributed by atoms with Gasteiger partial charge in [-0.15, -0.1) is 0 Å². The van der Waals surface area contributed by atoms with Crippen LogP contribution in [-0.2, 0) is 19.3 Å². The average Bonchev–Trinajstić information content (AvgIpc) is 3.22. The Hall–Kier alpha value is -4.41. The summed E-state index contributed by atoms with van der Waals surface area (Å²) in [6.07, 6.45) is 13.8. The van der Waals surface area contributed by atoms with Gasteiger partial charge in [0.25, 0.3) is 0 Å². The van der Waals surface area contributed by atoms with Crippen LogP contribution in [0, 0.1) is 29.6 Å². The monoisotopic (exact) mass is 807 g/mol. The third-order valence-corrected chi connectivity index (χ3v) is 14.1. The fourth-order valence-corrected chi connectivity index (χ4v) is 11.1. The van der Waals surface area contributed by atoms with Crippen molar-refractivity contribution < 1.29 is 34.6 Å². The van der Waals surface area contributed by atoms with Crippen molar-refractivity contribution in [3.8, 4) is 39.9 Å². The van der Waals surface area contributed by atoms with E-state index < -0.39 is 12.2 Å². The molecule has 3 aliphatic carbocycles. The van der Waals surface area contributed by atoms with Crippen molar-refractivity contribution in [1.82, 2.24) is 5.32 Å². The highest BCUT2D eigenvalue weighted by Crippen LogP contribution is 2.56. The van der Waals surface area contributed by atoms with E-state index in [0.717, 1.165) is 116 Å². The van der Waals surface area contributed by atoms with E-state index in [1.807, 2.05) is 24.3 Å². The molecule has 9 atom stereocenters. The maximum Gasteiger partial charge on any atom is 0.188 e. The van der Waals surface area contributed by atoms with Crippen LogP contribution < -0.4 is 25.3 Å². The number of hydrogen-bond donors (Lipinski definition) is 6. The van der Waals surface area contributed by atoms with Crippen molar-refractivity contribution in [2.75, 3.05) is 20.3 Å². The molecule has 3 aromatic rings. The molecule has 2 aliphatic heterocycles. The molecule has 318 valence electrons. The van der Waals surface area contributed by atoms with Crippen LogP contribution in [0.4, 0.5) is 0 Å². The quantitative estimate of drug-likeness (QED) is 0.0992. The SMILES string of the molecule is CC[C@@H]1C[C@H]([C@H]2Cc3cc(O)c(CC(C)C)cc3-c3c(OC)cc4c(c32)C[C@@H](O)[C@H](c2ccc(O)c(O[C@H]3CCCC[C@@H]3C[C@H]3CCN=C(N)N3)c2)O4)C=C[C@H]1CCO. The first kappa shape index (κ1) is 41.3. The number of fused-ring (bicyclic) bond motifs is 5. The molecule has 1 saturated carbocycles. The van der Waals surface area contributed by atoms with E-state index in [4.69, 9.17) is 19.9 Å². The maximum absolute atomic E-state index is 12.1. The molecule has 0 radical (unpaired) electrons. The van der Waals surface area contributed by atoms with Crippen LogP contribution in [0.25, 0.3) is 11.1 Å². The third-order valence-electron chi connectivity index (χ3n) is 14.1. The Bertz CT molecular complexity index is 2050. The molecule has 0 bridgehead atoms. The number of rotatable bonds is 12. The number of phenols is 2. The van der Waals surface area contributed by atoms with Crippen LogP contribution in [-0.4, -0.2) is 64.9 Å². The van der Waals surface area contributed by atoms with E-state index in [1.54, 1.807) is 13.2 Å². The van der Waals surface area contributed by atoms with E-state index >= 15 is 0 Å². The van der Waals surface area contributed by atoms with E-state index in [9.17, 15) is 20.4 Å². The lowest BCUT2D eigenvalue weighted by atomic mass is 9.65. The highest BCUT2D eigenvalue weighted by Gasteiger charge is 2.42. The number of nitrogens with two attached hydrogens (primary N) is 1. The molecule has 0 unspecified atom stereocenters. The number of aromatic hydroxyl groups is 2. The van der Waals surface area contributed by atoms with Crippen LogP contribution in [0.5, 0.6) is 28.7 Å². The number of guanidine groups is 1. The summed E-state index contributed by atoms with van der Waals surface area (Å²) in [6.45, 7) is 7.48. The van der Waals surface area contributed by atoms with Gasteiger partial charge in [-0.1, -0.05) is 51.8 Å². The van der Waals surface area contributed by atoms with E-state index in [-0.39, 0.29) is 36.3 Å². The van der Waals surface area contributed by atoms with Crippen LogP contribution in [0.15, 0.2) is 53.5 Å². The molecule has 0 amide bonds. The predicted octanol–water partition coefficient (Wildman–Crippen LogP) is 8.25. The minimum absolute atomic E-state index is 0.0525. The number of aliphatic imine (C=N–C) groups is 1. The molecule has 5 aliphatic rings. The summed E-state index contributed by atoms with van der Waals surface area (Å²) >= 11 is 0. The lowest BCUT2D eigenvalue weighted by Crippen LogP contribution is -2.46. The Kier molecular flexibility index (Phi) is 12.4. The van der Waals surface area contributed by atoms with Crippen LogP contribution >= 0.6 is 0 Å². The molecular weight excluding hydrogens is 743 g/mol. The zero-order valence-corrected chi connectivity index (χ0v) is 35.3. The van der Waals surface area contributed by atoms with Crippen LogP contribution in [0.2, 0.25) is 0 Å². The second-order valence-electron chi connectivity index (χ2n) is 18.4. The Morgan fingerprint density at radius 2 is 1.81 bits per heavy atom. The third kappa shape index (κ3) is 8.49. The van der Waals surface area contributed by atoms with Crippen LogP contribution in [0.1, 0.15) is 118 Å². The number of ether oxygens (including phenoxy) is 3. The second kappa shape index (κ2) is 17.7. The fourth-order valence-electron chi connectivity index (χ4n) is 11.1. The summed E-state index contributed by atoms with van der Waals surface area (Å²) in [6, 6.07) is 11.7. The first-order valence-electron chi connectivity index (χ1n) is 22.3. The van der Waals surface area contributed by atoms with Gasteiger partial charge in [0.05, 0.1) is 13.2 Å². The van der Waals surface area contributed by atoms with Crippen LogP contribution in [0.3, 0.4) is 0 Å². The molecule has 8 rings (SSSR count). The molecule has 1 fully saturated rings. The first-order valence-corrected chi connectivity index (χ1v) is 22.3. The average molecular weight is 808 g/mol. The highest BCUT2D eigenvalue weighted by molar-refractivity contribution is 5.84. The van der Waals surface area contributed by atoms with Crippen molar-refractivity contribution in [2.24, 2.45) is 40.3 Å². The molecule has 7 N–H and O–H groups in total. The van der Waals surface area contributed by atoms with Gasteiger partial charge in [0.2, 0.25) is 0 Å².